The number of rotatable bonds is 4. The second-order valence-corrected chi connectivity index (χ2v) is 6.27. The average Bonchev–Trinajstić information content (AvgIpc) is 2.01. The summed E-state index contributed by atoms with van der Waals surface area (Å²) in [6.07, 6.45) is 2.83. The predicted molar refractivity (Wildman–Crippen MR) is 62.1 cm³/mol. The van der Waals surface area contributed by atoms with Crippen LogP contribution < -0.4 is 5.32 Å². The Hall–Kier alpha value is 0.0700. The molecule has 1 atom stereocenters. The maximum atomic E-state index is 10.9. The molecule has 3 nitrogen and oxygen atoms in total. The Morgan fingerprint density at radius 2 is 2.21 bits per heavy atom. The van der Waals surface area contributed by atoms with E-state index in [4.69, 9.17) is 0 Å². The molecule has 0 bridgehead atoms. The van der Waals surface area contributed by atoms with Gasteiger partial charge in [-0.3, -0.25) is 4.21 Å². The minimum atomic E-state index is -0.631. The van der Waals surface area contributed by atoms with Crippen LogP contribution in [0.2, 0.25) is 0 Å². The molecule has 0 aromatic rings. The number of hydrogen-bond donors (Lipinski definition) is 1. The fraction of sp³-hybridized carbons (Fsp3) is 1.00. The first-order valence-corrected chi connectivity index (χ1v) is 7.00. The van der Waals surface area contributed by atoms with Gasteiger partial charge in [0.05, 0.1) is 0 Å². The van der Waals surface area contributed by atoms with Gasteiger partial charge in [0.25, 0.3) is 0 Å². The van der Waals surface area contributed by atoms with Gasteiger partial charge in [-0.2, -0.15) is 0 Å². The van der Waals surface area contributed by atoms with Crippen molar-refractivity contribution < 1.29 is 4.21 Å². The number of hydrogen-bond acceptors (Lipinski definition) is 3. The van der Waals surface area contributed by atoms with E-state index in [2.05, 4.69) is 24.1 Å². The van der Waals surface area contributed by atoms with Crippen LogP contribution in [0.1, 0.15) is 20.3 Å². The van der Waals surface area contributed by atoms with Gasteiger partial charge in [-0.25, -0.2) is 0 Å². The van der Waals surface area contributed by atoms with Crippen molar-refractivity contribution in [3.63, 3.8) is 0 Å². The van der Waals surface area contributed by atoms with Crippen LogP contribution in [0, 0.1) is 0 Å². The van der Waals surface area contributed by atoms with Crippen LogP contribution in [0.25, 0.3) is 0 Å². The van der Waals surface area contributed by atoms with E-state index in [-0.39, 0.29) is 5.54 Å². The van der Waals surface area contributed by atoms with Crippen LogP contribution in [0.4, 0.5) is 0 Å². The molecular weight excluding hydrogens is 196 g/mol. The maximum absolute atomic E-state index is 10.9. The van der Waals surface area contributed by atoms with Crippen LogP contribution in [0.3, 0.4) is 0 Å². The van der Waals surface area contributed by atoms with E-state index in [1.165, 1.54) is 0 Å². The van der Waals surface area contributed by atoms with Crippen molar-refractivity contribution in [2.75, 3.05) is 38.2 Å². The second-order valence-electron chi connectivity index (χ2n) is 4.72. The maximum Gasteiger partial charge on any atom is 0.0252 e. The second kappa shape index (κ2) is 5.24. The molecule has 0 saturated carbocycles. The number of nitrogens with zero attached hydrogens (tertiary/aromatic N) is 1. The molecule has 1 unspecified atom stereocenters. The van der Waals surface area contributed by atoms with Gasteiger partial charge in [-0.15, -0.1) is 0 Å². The van der Waals surface area contributed by atoms with E-state index >= 15 is 0 Å². The normalized spacial score (nSPS) is 24.8. The summed E-state index contributed by atoms with van der Waals surface area (Å²) in [5.74, 6) is 0.838. The van der Waals surface area contributed by atoms with Gasteiger partial charge in [0.1, 0.15) is 0 Å². The molecule has 1 heterocycles. The largest absolute Gasteiger partial charge is 0.309 e. The molecule has 84 valence electrons. The van der Waals surface area contributed by atoms with E-state index < -0.39 is 10.8 Å². The van der Waals surface area contributed by atoms with E-state index in [0.717, 1.165) is 38.4 Å². The molecule has 1 aliphatic heterocycles. The molecule has 0 aliphatic carbocycles. The lowest BCUT2D eigenvalue weighted by atomic mass is 10.0. The summed E-state index contributed by atoms with van der Waals surface area (Å²) >= 11 is 0. The standard InChI is InChI=1S/C10H22N2OS/c1-10(2)9-12(7-5-11-10)6-4-8-14(3)13/h11H,4-9H2,1-3H3. The van der Waals surface area contributed by atoms with Crippen molar-refractivity contribution in [3.05, 3.63) is 0 Å². The number of nitrogens with one attached hydrogen (secondary N) is 1. The van der Waals surface area contributed by atoms with Crippen LogP contribution in [0.15, 0.2) is 0 Å². The minimum absolute atomic E-state index is 0.240. The first-order chi connectivity index (χ1) is 6.49. The minimum Gasteiger partial charge on any atom is -0.309 e. The summed E-state index contributed by atoms with van der Waals surface area (Å²) in [5, 5.41) is 3.49. The molecule has 0 aromatic carbocycles. The summed E-state index contributed by atoms with van der Waals surface area (Å²) in [6, 6.07) is 0. The summed E-state index contributed by atoms with van der Waals surface area (Å²) < 4.78 is 10.9. The Morgan fingerprint density at radius 1 is 1.50 bits per heavy atom. The van der Waals surface area contributed by atoms with Crippen LogP contribution >= 0.6 is 0 Å². The molecule has 1 saturated heterocycles. The van der Waals surface area contributed by atoms with Crippen molar-refractivity contribution in [1.82, 2.24) is 10.2 Å². The summed E-state index contributed by atoms with van der Waals surface area (Å²) in [5.41, 5.74) is 0.240. The van der Waals surface area contributed by atoms with Crippen LogP contribution in [-0.2, 0) is 10.8 Å². The Kier molecular flexibility index (Phi) is 4.54. The topological polar surface area (TPSA) is 32.3 Å². The molecule has 0 amide bonds. The van der Waals surface area contributed by atoms with E-state index in [1.54, 1.807) is 6.26 Å². The highest BCUT2D eigenvalue weighted by atomic mass is 32.2. The predicted octanol–water partition coefficient (Wildman–Crippen LogP) is 0.439. The highest BCUT2D eigenvalue weighted by Gasteiger charge is 2.24. The molecule has 0 spiro atoms. The van der Waals surface area contributed by atoms with Gasteiger partial charge in [0, 0.05) is 48.0 Å². The lowest BCUT2D eigenvalue weighted by molar-refractivity contribution is 0.155. The quantitative estimate of drug-likeness (QED) is 0.743. The molecule has 1 rings (SSSR count). The molecule has 4 heteroatoms. The third-order valence-electron chi connectivity index (χ3n) is 2.56. The zero-order valence-electron chi connectivity index (χ0n) is 9.51. The molecule has 1 aliphatic rings. The molecule has 1 N–H and O–H groups in total. The molecule has 0 radical (unpaired) electrons. The molecule has 1 fully saturated rings. The SMILES string of the molecule is CS(=O)CCCN1CCNC(C)(C)C1. The highest BCUT2D eigenvalue weighted by Crippen LogP contribution is 2.10. The zero-order chi connectivity index (χ0) is 10.6. The zero-order valence-corrected chi connectivity index (χ0v) is 10.3. The van der Waals surface area contributed by atoms with Crippen molar-refractivity contribution in [1.29, 1.82) is 0 Å². The molecule has 14 heavy (non-hydrogen) atoms. The summed E-state index contributed by atoms with van der Waals surface area (Å²) in [6.45, 7) is 8.85. The lowest BCUT2D eigenvalue weighted by Gasteiger charge is -2.39. The molecule has 0 aromatic heterocycles. The Bertz CT molecular complexity index is 206. The highest BCUT2D eigenvalue weighted by molar-refractivity contribution is 7.84. The average molecular weight is 218 g/mol. The van der Waals surface area contributed by atoms with E-state index in [1.807, 2.05) is 0 Å². The van der Waals surface area contributed by atoms with Crippen molar-refractivity contribution in [2.45, 2.75) is 25.8 Å². The van der Waals surface area contributed by atoms with Gasteiger partial charge in [-0.05, 0) is 26.8 Å². The summed E-state index contributed by atoms with van der Waals surface area (Å²) in [4.78, 5) is 2.46. The number of piperazine rings is 1. The van der Waals surface area contributed by atoms with Crippen LogP contribution in [-0.4, -0.2) is 52.8 Å². The monoisotopic (exact) mass is 218 g/mol. The van der Waals surface area contributed by atoms with Crippen LogP contribution in [0.5, 0.6) is 0 Å². The van der Waals surface area contributed by atoms with Gasteiger partial charge in [0.15, 0.2) is 0 Å². The smallest absolute Gasteiger partial charge is 0.0252 e. The Balaban J connectivity index is 2.21. The Labute approximate surface area is 89.7 Å². The van der Waals surface area contributed by atoms with E-state index in [9.17, 15) is 4.21 Å². The fourth-order valence-electron chi connectivity index (χ4n) is 1.93. The van der Waals surface area contributed by atoms with Crippen molar-refractivity contribution >= 4 is 10.8 Å². The van der Waals surface area contributed by atoms with Gasteiger partial charge >= 0.3 is 0 Å². The third-order valence-corrected chi connectivity index (χ3v) is 3.42. The fourth-order valence-corrected chi connectivity index (χ4v) is 2.46. The summed E-state index contributed by atoms with van der Waals surface area (Å²) in [7, 11) is -0.631. The van der Waals surface area contributed by atoms with Gasteiger partial charge < -0.3 is 10.2 Å². The first-order valence-electron chi connectivity index (χ1n) is 5.27. The first kappa shape index (κ1) is 12.1. The Morgan fingerprint density at radius 3 is 2.79 bits per heavy atom. The van der Waals surface area contributed by atoms with Gasteiger partial charge in [-0.1, -0.05) is 0 Å². The van der Waals surface area contributed by atoms with Gasteiger partial charge in [0.2, 0.25) is 0 Å². The lowest BCUT2D eigenvalue weighted by Crippen LogP contribution is -2.57. The molecular formula is C10H22N2OS. The van der Waals surface area contributed by atoms with E-state index in [0.29, 0.717) is 0 Å². The van der Waals surface area contributed by atoms with Crippen molar-refractivity contribution in [2.24, 2.45) is 0 Å². The third kappa shape index (κ3) is 4.53. The van der Waals surface area contributed by atoms with Crippen molar-refractivity contribution in [3.8, 4) is 0 Å².